The van der Waals surface area contributed by atoms with Crippen LogP contribution in [0.15, 0.2) is 12.7 Å². The SMILES string of the molecule is C=CC1N[C@H]2CC[C@@H]1CC2. The van der Waals surface area contributed by atoms with Crippen LogP contribution in [0.1, 0.15) is 25.7 Å². The molecule has 1 N–H and O–H groups in total. The van der Waals surface area contributed by atoms with Crippen molar-refractivity contribution >= 4 is 0 Å². The number of fused-ring (bicyclic) bond motifs is 3. The van der Waals surface area contributed by atoms with Crippen molar-refractivity contribution in [2.24, 2.45) is 5.92 Å². The molecule has 1 nitrogen and oxygen atoms in total. The molecule has 1 unspecified atom stereocenters. The summed E-state index contributed by atoms with van der Waals surface area (Å²) >= 11 is 0. The minimum absolute atomic E-state index is 0.632. The highest BCUT2D eigenvalue weighted by Crippen LogP contribution is 2.32. The molecule has 10 heavy (non-hydrogen) atoms. The van der Waals surface area contributed by atoms with Crippen LogP contribution in [-0.2, 0) is 0 Å². The Balaban J connectivity index is 2.07. The van der Waals surface area contributed by atoms with Crippen molar-refractivity contribution in [1.29, 1.82) is 0 Å². The van der Waals surface area contributed by atoms with Gasteiger partial charge in [-0.3, -0.25) is 0 Å². The van der Waals surface area contributed by atoms with Gasteiger partial charge >= 0.3 is 0 Å². The van der Waals surface area contributed by atoms with Gasteiger partial charge in [-0.25, -0.2) is 0 Å². The van der Waals surface area contributed by atoms with Crippen LogP contribution in [0, 0.1) is 5.92 Å². The maximum Gasteiger partial charge on any atom is 0.0278 e. The normalized spacial score (nSPS) is 45.4. The van der Waals surface area contributed by atoms with Gasteiger partial charge in [-0.15, -0.1) is 6.58 Å². The Morgan fingerprint density at radius 3 is 2.20 bits per heavy atom. The highest BCUT2D eigenvalue weighted by atomic mass is 15.0. The van der Waals surface area contributed by atoms with E-state index in [4.69, 9.17) is 0 Å². The molecule has 56 valence electrons. The third-order valence-electron chi connectivity index (χ3n) is 2.96. The van der Waals surface area contributed by atoms with Crippen molar-refractivity contribution in [3.8, 4) is 0 Å². The van der Waals surface area contributed by atoms with Crippen molar-refractivity contribution in [2.45, 2.75) is 37.8 Å². The molecule has 2 bridgehead atoms. The molecule has 0 aromatic rings. The van der Waals surface area contributed by atoms with Gasteiger partial charge in [0.15, 0.2) is 0 Å². The standard InChI is InChI=1S/C9H15N/c1-2-9-7-3-5-8(10-9)6-4-7/h2,7-10H,1,3-6H2/t7-,8+,9?. The van der Waals surface area contributed by atoms with Crippen LogP contribution in [-0.4, -0.2) is 12.1 Å². The molecule has 1 saturated carbocycles. The minimum atomic E-state index is 0.632. The summed E-state index contributed by atoms with van der Waals surface area (Å²) in [7, 11) is 0. The van der Waals surface area contributed by atoms with E-state index in [1.54, 1.807) is 0 Å². The minimum Gasteiger partial charge on any atom is -0.308 e. The maximum absolute atomic E-state index is 3.84. The highest BCUT2D eigenvalue weighted by molar-refractivity contribution is 5.00. The Labute approximate surface area is 62.5 Å². The molecule has 3 aliphatic rings. The van der Waals surface area contributed by atoms with Crippen molar-refractivity contribution in [1.82, 2.24) is 5.32 Å². The van der Waals surface area contributed by atoms with E-state index in [1.165, 1.54) is 25.7 Å². The number of rotatable bonds is 1. The van der Waals surface area contributed by atoms with Crippen LogP contribution >= 0.6 is 0 Å². The summed E-state index contributed by atoms with van der Waals surface area (Å²) in [6, 6.07) is 1.44. The van der Waals surface area contributed by atoms with E-state index < -0.39 is 0 Å². The molecule has 2 heterocycles. The molecule has 3 fully saturated rings. The van der Waals surface area contributed by atoms with Crippen molar-refractivity contribution in [2.75, 3.05) is 0 Å². The zero-order valence-electron chi connectivity index (χ0n) is 6.34. The summed E-state index contributed by atoms with van der Waals surface area (Å²) < 4.78 is 0. The van der Waals surface area contributed by atoms with E-state index in [9.17, 15) is 0 Å². The average molecular weight is 137 g/mol. The van der Waals surface area contributed by atoms with Crippen LogP contribution < -0.4 is 5.32 Å². The predicted molar refractivity (Wildman–Crippen MR) is 42.9 cm³/mol. The lowest BCUT2D eigenvalue weighted by molar-refractivity contribution is 0.175. The molecular weight excluding hydrogens is 122 g/mol. The zero-order valence-corrected chi connectivity index (χ0v) is 6.34. The van der Waals surface area contributed by atoms with Gasteiger partial charge in [0.1, 0.15) is 0 Å². The summed E-state index contributed by atoms with van der Waals surface area (Å²) in [5.41, 5.74) is 0. The topological polar surface area (TPSA) is 12.0 Å². The molecule has 0 amide bonds. The quantitative estimate of drug-likeness (QED) is 0.542. The van der Waals surface area contributed by atoms with E-state index in [0.717, 1.165) is 12.0 Å². The largest absolute Gasteiger partial charge is 0.308 e. The van der Waals surface area contributed by atoms with Crippen molar-refractivity contribution in [3.05, 3.63) is 12.7 Å². The monoisotopic (exact) mass is 137 g/mol. The van der Waals surface area contributed by atoms with Crippen LogP contribution in [0.25, 0.3) is 0 Å². The first-order valence-corrected chi connectivity index (χ1v) is 4.29. The second-order valence-electron chi connectivity index (χ2n) is 3.54. The summed E-state index contributed by atoms with van der Waals surface area (Å²) in [6.45, 7) is 3.84. The summed E-state index contributed by atoms with van der Waals surface area (Å²) in [5, 5.41) is 3.58. The number of hydrogen-bond donors (Lipinski definition) is 1. The van der Waals surface area contributed by atoms with Gasteiger partial charge in [0, 0.05) is 12.1 Å². The molecule has 2 saturated heterocycles. The molecule has 0 spiro atoms. The molecule has 1 aliphatic carbocycles. The van der Waals surface area contributed by atoms with Crippen LogP contribution in [0.3, 0.4) is 0 Å². The molecule has 0 aromatic heterocycles. The Bertz CT molecular complexity index is 134. The lowest BCUT2D eigenvalue weighted by Crippen LogP contribution is -2.51. The van der Waals surface area contributed by atoms with E-state index >= 15 is 0 Å². The molecule has 3 rings (SSSR count). The first-order valence-electron chi connectivity index (χ1n) is 4.29. The third kappa shape index (κ3) is 0.891. The summed E-state index contributed by atoms with van der Waals surface area (Å²) in [6.07, 6.45) is 7.72. The first kappa shape index (κ1) is 6.41. The van der Waals surface area contributed by atoms with E-state index in [1.807, 2.05) is 0 Å². The van der Waals surface area contributed by atoms with E-state index in [2.05, 4.69) is 18.0 Å². The van der Waals surface area contributed by atoms with Crippen LogP contribution in [0.2, 0.25) is 0 Å². The fourth-order valence-corrected chi connectivity index (χ4v) is 2.31. The lowest BCUT2D eigenvalue weighted by Gasteiger charge is -2.42. The molecule has 1 atom stereocenters. The Morgan fingerprint density at radius 1 is 1.20 bits per heavy atom. The second-order valence-corrected chi connectivity index (χ2v) is 3.54. The van der Waals surface area contributed by atoms with E-state index in [0.29, 0.717) is 6.04 Å². The fraction of sp³-hybridized carbons (Fsp3) is 0.778. The van der Waals surface area contributed by atoms with E-state index in [-0.39, 0.29) is 0 Å². The lowest BCUT2D eigenvalue weighted by atomic mass is 9.76. The summed E-state index contributed by atoms with van der Waals surface area (Å²) in [5.74, 6) is 0.905. The van der Waals surface area contributed by atoms with Gasteiger partial charge in [0.05, 0.1) is 0 Å². The van der Waals surface area contributed by atoms with Gasteiger partial charge in [0.25, 0.3) is 0 Å². The maximum atomic E-state index is 3.84. The smallest absolute Gasteiger partial charge is 0.0278 e. The molecule has 0 aromatic carbocycles. The Morgan fingerprint density at radius 2 is 1.90 bits per heavy atom. The van der Waals surface area contributed by atoms with Gasteiger partial charge in [-0.1, -0.05) is 6.08 Å². The summed E-state index contributed by atoms with van der Waals surface area (Å²) in [4.78, 5) is 0. The van der Waals surface area contributed by atoms with Gasteiger partial charge in [-0.2, -0.15) is 0 Å². The van der Waals surface area contributed by atoms with Gasteiger partial charge in [0.2, 0.25) is 0 Å². The highest BCUT2D eigenvalue weighted by Gasteiger charge is 2.32. The van der Waals surface area contributed by atoms with Crippen molar-refractivity contribution in [3.63, 3.8) is 0 Å². The Hall–Kier alpha value is -0.300. The molecular formula is C9H15N. The molecule has 2 aliphatic heterocycles. The number of piperidine rings is 2. The molecule has 0 radical (unpaired) electrons. The second kappa shape index (κ2) is 2.39. The molecule has 1 heteroatoms. The zero-order chi connectivity index (χ0) is 6.97. The van der Waals surface area contributed by atoms with Gasteiger partial charge < -0.3 is 5.32 Å². The van der Waals surface area contributed by atoms with Gasteiger partial charge in [-0.05, 0) is 31.6 Å². The van der Waals surface area contributed by atoms with Crippen LogP contribution in [0.4, 0.5) is 0 Å². The predicted octanol–water partition coefficient (Wildman–Crippen LogP) is 1.70. The number of nitrogens with one attached hydrogen (secondary N) is 1. The number of hydrogen-bond acceptors (Lipinski definition) is 1. The fourth-order valence-electron chi connectivity index (χ4n) is 2.31. The Kier molecular flexibility index (Phi) is 1.53. The third-order valence-corrected chi connectivity index (χ3v) is 2.96. The van der Waals surface area contributed by atoms with Crippen LogP contribution in [0.5, 0.6) is 0 Å². The average Bonchev–Trinajstić information content (AvgIpc) is 2.06. The first-order chi connectivity index (χ1) is 4.90. The van der Waals surface area contributed by atoms with Crippen molar-refractivity contribution < 1.29 is 0 Å².